The van der Waals surface area contributed by atoms with E-state index < -0.39 is 0 Å². The molecule has 1 saturated carbocycles. The largest absolute Gasteiger partial charge is 0.354 e. The van der Waals surface area contributed by atoms with Crippen LogP contribution in [0.3, 0.4) is 0 Å². The standard InChI is InChI=1S/C10H14ClN3O/c1-14-8(2-5-13-14)10(3-4-10)7-12-9(15)6-11/h2,5H,3-4,6-7H2,1H3,(H,12,15). The first-order valence-corrected chi connectivity index (χ1v) is 5.52. The number of halogens is 1. The molecule has 0 radical (unpaired) electrons. The van der Waals surface area contributed by atoms with Crippen LogP contribution in [0.15, 0.2) is 12.3 Å². The average molecular weight is 228 g/mol. The Morgan fingerprint density at radius 2 is 2.47 bits per heavy atom. The molecule has 2 rings (SSSR count). The van der Waals surface area contributed by atoms with Crippen molar-refractivity contribution in [3.05, 3.63) is 18.0 Å². The molecule has 1 amide bonds. The fourth-order valence-corrected chi connectivity index (χ4v) is 1.98. The van der Waals surface area contributed by atoms with Crippen molar-refractivity contribution in [1.29, 1.82) is 0 Å². The molecule has 1 heterocycles. The predicted octanol–water partition coefficient (Wildman–Crippen LogP) is 0.807. The second-order valence-corrected chi connectivity index (χ2v) is 4.30. The van der Waals surface area contributed by atoms with Crippen LogP contribution in [0.5, 0.6) is 0 Å². The van der Waals surface area contributed by atoms with E-state index >= 15 is 0 Å². The van der Waals surface area contributed by atoms with Crippen LogP contribution in [0.4, 0.5) is 0 Å². The van der Waals surface area contributed by atoms with E-state index in [0.29, 0.717) is 6.54 Å². The van der Waals surface area contributed by atoms with Crippen LogP contribution in [-0.2, 0) is 17.3 Å². The maximum atomic E-state index is 11.1. The second kappa shape index (κ2) is 3.85. The summed E-state index contributed by atoms with van der Waals surface area (Å²) in [4.78, 5) is 11.1. The van der Waals surface area contributed by atoms with Gasteiger partial charge in [-0.1, -0.05) is 0 Å². The number of carbonyl (C=O) groups excluding carboxylic acids is 1. The van der Waals surface area contributed by atoms with Crippen LogP contribution in [0, 0.1) is 0 Å². The lowest BCUT2D eigenvalue weighted by Gasteiger charge is -2.15. The van der Waals surface area contributed by atoms with Crippen LogP contribution < -0.4 is 5.32 Å². The number of nitrogens with zero attached hydrogens (tertiary/aromatic N) is 2. The molecule has 4 nitrogen and oxygen atoms in total. The van der Waals surface area contributed by atoms with Gasteiger partial charge < -0.3 is 5.32 Å². The summed E-state index contributed by atoms with van der Waals surface area (Å²) in [5, 5.41) is 6.99. The molecule has 1 N–H and O–H groups in total. The van der Waals surface area contributed by atoms with Crippen LogP contribution in [0.2, 0.25) is 0 Å². The molecule has 0 unspecified atom stereocenters. The van der Waals surface area contributed by atoms with Gasteiger partial charge in [-0.2, -0.15) is 5.10 Å². The summed E-state index contributed by atoms with van der Waals surface area (Å²) >= 11 is 5.43. The smallest absolute Gasteiger partial charge is 0.234 e. The van der Waals surface area contributed by atoms with Crippen LogP contribution in [-0.4, -0.2) is 28.1 Å². The molecule has 1 aliphatic rings. The monoisotopic (exact) mass is 227 g/mol. The highest BCUT2D eigenvalue weighted by Crippen LogP contribution is 2.47. The number of aromatic nitrogens is 2. The van der Waals surface area contributed by atoms with E-state index in [9.17, 15) is 4.79 Å². The molecule has 15 heavy (non-hydrogen) atoms. The van der Waals surface area contributed by atoms with E-state index in [-0.39, 0.29) is 17.2 Å². The van der Waals surface area contributed by atoms with Crippen LogP contribution in [0.25, 0.3) is 0 Å². The highest BCUT2D eigenvalue weighted by molar-refractivity contribution is 6.27. The van der Waals surface area contributed by atoms with Crippen molar-refractivity contribution in [1.82, 2.24) is 15.1 Å². The van der Waals surface area contributed by atoms with Gasteiger partial charge >= 0.3 is 0 Å². The zero-order valence-electron chi connectivity index (χ0n) is 8.66. The van der Waals surface area contributed by atoms with Crippen molar-refractivity contribution >= 4 is 17.5 Å². The SMILES string of the molecule is Cn1nccc1C1(CNC(=O)CCl)CC1. The first kappa shape index (κ1) is 10.5. The zero-order chi connectivity index (χ0) is 10.9. The minimum Gasteiger partial charge on any atom is -0.354 e. The van der Waals surface area contributed by atoms with Crippen LogP contribution in [0.1, 0.15) is 18.5 Å². The van der Waals surface area contributed by atoms with Gasteiger partial charge in [0, 0.05) is 30.9 Å². The number of rotatable bonds is 4. The Labute approximate surface area is 93.6 Å². The fourth-order valence-electron chi connectivity index (χ4n) is 1.88. The van der Waals surface area contributed by atoms with Gasteiger partial charge in [0.15, 0.2) is 0 Å². The Morgan fingerprint density at radius 1 is 1.73 bits per heavy atom. The lowest BCUT2D eigenvalue weighted by Crippen LogP contribution is -2.33. The minimum absolute atomic E-state index is 0.0292. The van der Waals surface area contributed by atoms with Crippen molar-refractivity contribution in [3.8, 4) is 0 Å². The lowest BCUT2D eigenvalue weighted by molar-refractivity contribution is -0.118. The highest BCUT2D eigenvalue weighted by atomic mass is 35.5. The molecule has 0 aliphatic heterocycles. The molecule has 1 aromatic heterocycles. The van der Waals surface area contributed by atoms with Crippen LogP contribution >= 0.6 is 11.6 Å². The number of hydrogen-bond acceptors (Lipinski definition) is 2. The van der Waals surface area contributed by atoms with Gasteiger partial charge in [-0.05, 0) is 18.9 Å². The average Bonchev–Trinajstić information content (AvgIpc) is 2.91. The predicted molar refractivity (Wildman–Crippen MR) is 57.8 cm³/mol. The van der Waals surface area contributed by atoms with E-state index in [1.807, 2.05) is 17.8 Å². The molecule has 82 valence electrons. The first-order chi connectivity index (χ1) is 7.18. The van der Waals surface area contributed by atoms with E-state index in [2.05, 4.69) is 10.4 Å². The third-order valence-electron chi connectivity index (χ3n) is 2.96. The third kappa shape index (κ3) is 2.00. The number of hydrogen-bond donors (Lipinski definition) is 1. The molecular weight excluding hydrogens is 214 g/mol. The quantitative estimate of drug-likeness (QED) is 0.774. The van der Waals surface area contributed by atoms with E-state index in [0.717, 1.165) is 12.8 Å². The van der Waals surface area contributed by atoms with E-state index in [1.54, 1.807) is 6.20 Å². The molecule has 5 heteroatoms. The lowest BCUT2D eigenvalue weighted by atomic mass is 10.0. The Morgan fingerprint density at radius 3 is 2.93 bits per heavy atom. The molecule has 1 aliphatic carbocycles. The fraction of sp³-hybridized carbons (Fsp3) is 0.600. The Hall–Kier alpha value is -1.03. The van der Waals surface area contributed by atoms with Gasteiger partial charge in [-0.15, -0.1) is 11.6 Å². The van der Waals surface area contributed by atoms with E-state index in [1.165, 1.54) is 5.69 Å². The number of aryl methyl sites for hydroxylation is 1. The number of amides is 1. The van der Waals surface area contributed by atoms with Crippen molar-refractivity contribution in [3.63, 3.8) is 0 Å². The summed E-state index contributed by atoms with van der Waals surface area (Å²) in [5.41, 5.74) is 1.30. The summed E-state index contributed by atoms with van der Waals surface area (Å²) in [6.07, 6.45) is 4.00. The highest BCUT2D eigenvalue weighted by Gasteiger charge is 2.46. The number of carbonyl (C=O) groups is 1. The Bertz CT molecular complexity index is 370. The summed E-state index contributed by atoms with van der Waals surface area (Å²) < 4.78 is 1.87. The molecule has 0 bridgehead atoms. The first-order valence-electron chi connectivity index (χ1n) is 4.99. The topological polar surface area (TPSA) is 46.9 Å². The van der Waals surface area contributed by atoms with E-state index in [4.69, 9.17) is 11.6 Å². The summed E-state index contributed by atoms with van der Waals surface area (Å²) in [5.74, 6) is -0.0771. The molecule has 0 aromatic carbocycles. The summed E-state index contributed by atoms with van der Waals surface area (Å²) in [7, 11) is 1.93. The minimum atomic E-state index is -0.106. The van der Waals surface area contributed by atoms with Crippen molar-refractivity contribution in [2.45, 2.75) is 18.3 Å². The molecule has 0 spiro atoms. The van der Waals surface area contributed by atoms with Gasteiger partial charge in [0.2, 0.25) is 5.91 Å². The molecule has 0 atom stereocenters. The zero-order valence-corrected chi connectivity index (χ0v) is 9.42. The normalized spacial score (nSPS) is 17.5. The van der Waals surface area contributed by atoms with Gasteiger partial charge in [0.25, 0.3) is 0 Å². The summed E-state index contributed by atoms with van der Waals surface area (Å²) in [6.45, 7) is 0.665. The summed E-state index contributed by atoms with van der Waals surface area (Å²) in [6, 6.07) is 2.01. The number of alkyl halides is 1. The maximum absolute atomic E-state index is 11.1. The van der Waals surface area contributed by atoms with Crippen molar-refractivity contribution in [2.75, 3.05) is 12.4 Å². The second-order valence-electron chi connectivity index (χ2n) is 4.03. The van der Waals surface area contributed by atoms with Crippen molar-refractivity contribution < 1.29 is 4.79 Å². The molecule has 1 fully saturated rings. The third-order valence-corrected chi connectivity index (χ3v) is 3.21. The Balaban J connectivity index is 2.02. The van der Waals surface area contributed by atoms with Gasteiger partial charge in [-0.25, -0.2) is 0 Å². The van der Waals surface area contributed by atoms with Gasteiger partial charge in [-0.3, -0.25) is 9.48 Å². The van der Waals surface area contributed by atoms with Gasteiger partial charge in [0.1, 0.15) is 5.88 Å². The van der Waals surface area contributed by atoms with Gasteiger partial charge in [0.05, 0.1) is 0 Å². The maximum Gasteiger partial charge on any atom is 0.234 e. The molecular formula is C10H14ClN3O. The van der Waals surface area contributed by atoms with Crippen molar-refractivity contribution in [2.24, 2.45) is 7.05 Å². The number of nitrogens with one attached hydrogen (secondary N) is 1. The molecule has 1 aromatic rings. The molecule has 0 saturated heterocycles. The Kier molecular flexibility index (Phi) is 2.69.